The summed E-state index contributed by atoms with van der Waals surface area (Å²) in [6.45, 7) is 0. The van der Waals surface area contributed by atoms with E-state index in [9.17, 15) is 18.4 Å². The van der Waals surface area contributed by atoms with Crippen molar-refractivity contribution < 1.29 is 23.1 Å². The fraction of sp³-hybridized carbons (Fsp3) is 0.294. The van der Waals surface area contributed by atoms with Crippen molar-refractivity contribution in [2.75, 3.05) is 0 Å². The minimum absolute atomic E-state index is 0.00856. The molecule has 0 bridgehead atoms. The van der Waals surface area contributed by atoms with Crippen LogP contribution in [0.1, 0.15) is 24.5 Å². The number of carbonyl (C=O) groups excluding carboxylic acids is 2. The van der Waals surface area contributed by atoms with E-state index in [1.54, 1.807) is 12.2 Å². The number of halogens is 3. The van der Waals surface area contributed by atoms with Gasteiger partial charge in [-0.1, -0.05) is 34.1 Å². The molecule has 2 fully saturated rings. The highest BCUT2D eigenvalue weighted by Gasteiger charge is 2.55. The molecule has 0 saturated carbocycles. The van der Waals surface area contributed by atoms with Gasteiger partial charge in [0.25, 0.3) is 5.91 Å². The van der Waals surface area contributed by atoms with E-state index in [0.717, 1.165) is 6.07 Å². The number of ether oxygens (including phenoxy) is 1. The number of rotatable bonds is 1. The number of amides is 3. The van der Waals surface area contributed by atoms with Gasteiger partial charge in [0.1, 0.15) is 11.9 Å². The average Bonchev–Trinajstić information content (AvgIpc) is 2.85. The molecule has 0 radical (unpaired) electrons. The molecule has 25 heavy (non-hydrogen) atoms. The molecular weight excluding hydrogens is 398 g/mol. The average molecular weight is 411 g/mol. The largest absolute Gasteiger partial charge is 0.485 e. The number of hydrogen-bond acceptors (Lipinski definition) is 3. The molecule has 0 aromatic heterocycles. The number of hydrogen-bond donors (Lipinski definition) is 2. The SMILES string of the molecule is O=C1NC(=O)C2(CC(c3cccc(F)c3F)OC3=CCC(Br)C=C32)N1. The summed E-state index contributed by atoms with van der Waals surface area (Å²) >= 11 is 3.47. The zero-order chi connectivity index (χ0) is 17.8. The second-order valence-corrected chi connectivity index (χ2v) is 7.34. The molecule has 2 aliphatic heterocycles. The van der Waals surface area contributed by atoms with E-state index < -0.39 is 35.2 Å². The Hall–Kier alpha value is -2.22. The molecule has 130 valence electrons. The van der Waals surface area contributed by atoms with Crippen molar-refractivity contribution in [3.05, 3.63) is 58.9 Å². The first kappa shape index (κ1) is 16.3. The van der Waals surface area contributed by atoms with Gasteiger partial charge in [-0.25, -0.2) is 13.6 Å². The van der Waals surface area contributed by atoms with Crippen molar-refractivity contribution in [2.24, 2.45) is 0 Å². The van der Waals surface area contributed by atoms with Crippen molar-refractivity contribution in [3.63, 3.8) is 0 Å². The molecule has 3 aliphatic rings. The predicted molar refractivity (Wildman–Crippen MR) is 87.7 cm³/mol. The van der Waals surface area contributed by atoms with Crippen LogP contribution in [-0.4, -0.2) is 22.3 Å². The summed E-state index contributed by atoms with van der Waals surface area (Å²) in [6.07, 6.45) is 3.25. The maximum absolute atomic E-state index is 14.2. The number of nitrogens with one attached hydrogen (secondary N) is 2. The highest BCUT2D eigenvalue weighted by Crippen LogP contribution is 2.47. The molecule has 1 aromatic carbocycles. The predicted octanol–water partition coefficient (Wildman–Crippen LogP) is 2.98. The normalized spacial score (nSPS) is 30.8. The monoisotopic (exact) mass is 410 g/mol. The van der Waals surface area contributed by atoms with Gasteiger partial charge >= 0.3 is 6.03 Å². The molecule has 1 aliphatic carbocycles. The van der Waals surface area contributed by atoms with Crippen molar-refractivity contribution in [3.8, 4) is 0 Å². The van der Waals surface area contributed by atoms with Crippen LogP contribution in [0.5, 0.6) is 0 Å². The Labute approximate surface area is 150 Å². The van der Waals surface area contributed by atoms with E-state index in [1.807, 2.05) is 0 Å². The summed E-state index contributed by atoms with van der Waals surface area (Å²) in [4.78, 5) is 24.3. The van der Waals surface area contributed by atoms with Gasteiger partial charge in [0, 0.05) is 22.4 Å². The van der Waals surface area contributed by atoms with Crippen LogP contribution < -0.4 is 10.6 Å². The van der Waals surface area contributed by atoms with Gasteiger partial charge in [0.15, 0.2) is 17.2 Å². The van der Waals surface area contributed by atoms with Gasteiger partial charge in [0.05, 0.1) is 0 Å². The number of benzene rings is 1. The fourth-order valence-corrected chi connectivity index (χ4v) is 3.93. The lowest BCUT2D eigenvalue weighted by molar-refractivity contribution is -0.125. The first-order valence-electron chi connectivity index (χ1n) is 7.72. The summed E-state index contributed by atoms with van der Waals surface area (Å²) in [5.74, 6) is -2.14. The van der Waals surface area contributed by atoms with Gasteiger partial charge in [-0.05, 0) is 18.6 Å². The Morgan fingerprint density at radius 3 is 2.80 bits per heavy atom. The van der Waals surface area contributed by atoms with E-state index in [1.165, 1.54) is 12.1 Å². The third-order valence-electron chi connectivity index (χ3n) is 4.63. The van der Waals surface area contributed by atoms with Crippen LogP contribution in [0.3, 0.4) is 0 Å². The lowest BCUT2D eigenvalue weighted by Gasteiger charge is -2.41. The number of allylic oxidation sites excluding steroid dienone is 2. The third-order valence-corrected chi connectivity index (χ3v) is 5.27. The lowest BCUT2D eigenvalue weighted by Crippen LogP contribution is -2.53. The topological polar surface area (TPSA) is 67.4 Å². The van der Waals surface area contributed by atoms with E-state index in [2.05, 4.69) is 26.6 Å². The van der Waals surface area contributed by atoms with Crippen LogP contribution in [0, 0.1) is 11.6 Å². The van der Waals surface area contributed by atoms with Gasteiger partial charge in [0.2, 0.25) is 0 Å². The lowest BCUT2D eigenvalue weighted by atomic mass is 9.77. The van der Waals surface area contributed by atoms with E-state index in [0.29, 0.717) is 17.8 Å². The van der Waals surface area contributed by atoms with Gasteiger partial charge in [-0.15, -0.1) is 0 Å². The molecule has 5 nitrogen and oxygen atoms in total. The molecular formula is C17H13BrF2N2O3. The molecule has 3 amide bonds. The van der Waals surface area contributed by atoms with Crippen LogP contribution in [0.2, 0.25) is 0 Å². The first-order chi connectivity index (χ1) is 11.9. The van der Waals surface area contributed by atoms with Crippen LogP contribution in [-0.2, 0) is 9.53 Å². The highest BCUT2D eigenvalue weighted by atomic mass is 79.9. The van der Waals surface area contributed by atoms with Gasteiger partial charge in [-0.2, -0.15) is 0 Å². The maximum Gasteiger partial charge on any atom is 0.322 e. The summed E-state index contributed by atoms with van der Waals surface area (Å²) in [5.41, 5.74) is -0.830. The molecule has 2 saturated heterocycles. The quantitative estimate of drug-likeness (QED) is 0.552. The number of alkyl halides is 1. The van der Waals surface area contributed by atoms with E-state index >= 15 is 0 Å². The zero-order valence-corrected chi connectivity index (χ0v) is 14.4. The molecule has 4 rings (SSSR count). The first-order valence-corrected chi connectivity index (χ1v) is 8.63. The third kappa shape index (κ3) is 2.47. The molecule has 8 heteroatoms. The highest BCUT2D eigenvalue weighted by molar-refractivity contribution is 9.09. The molecule has 1 aromatic rings. The van der Waals surface area contributed by atoms with E-state index in [4.69, 9.17) is 4.74 Å². The smallest absolute Gasteiger partial charge is 0.322 e. The Morgan fingerprint density at radius 1 is 1.28 bits per heavy atom. The number of imide groups is 1. The summed E-state index contributed by atoms with van der Waals surface area (Å²) < 4.78 is 33.7. The molecule has 1 spiro atoms. The Morgan fingerprint density at radius 2 is 2.08 bits per heavy atom. The second kappa shape index (κ2) is 5.66. The Bertz CT molecular complexity index is 854. The van der Waals surface area contributed by atoms with Crippen LogP contribution in [0.15, 0.2) is 41.7 Å². The zero-order valence-electron chi connectivity index (χ0n) is 12.8. The number of fused-ring (bicyclic) bond motifs is 2. The number of carbonyl (C=O) groups is 2. The minimum Gasteiger partial charge on any atom is -0.485 e. The Kier molecular flexibility index (Phi) is 3.68. The van der Waals surface area contributed by atoms with Gasteiger partial charge in [-0.3, -0.25) is 10.1 Å². The maximum atomic E-state index is 14.2. The van der Waals surface area contributed by atoms with Crippen LogP contribution >= 0.6 is 15.9 Å². The summed E-state index contributed by atoms with van der Waals surface area (Å²) in [6, 6.07) is 3.19. The van der Waals surface area contributed by atoms with Crippen LogP contribution in [0.4, 0.5) is 13.6 Å². The standard InChI is InChI=1S/C17H13BrF2N2O3/c18-8-4-5-12-10(6-8)17(15(23)21-16(24)22-17)7-13(25-12)9-2-1-3-11(19)14(9)20/h1-3,5-6,8,13H,4,7H2,(H2,21,22,23,24). The fourth-order valence-electron chi connectivity index (χ4n) is 3.48. The van der Waals surface area contributed by atoms with Crippen molar-refractivity contribution in [2.45, 2.75) is 29.3 Å². The molecule has 2 heterocycles. The Balaban J connectivity index is 1.82. The van der Waals surface area contributed by atoms with E-state index in [-0.39, 0.29) is 16.8 Å². The van der Waals surface area contributed by atoms with Crippen molar-refractivity contribution >= 4 is 27.9 Å². The number of urea groups is 1. The molecule has 3 unspecified atom stereocenters. The summed E-state index contributed by atoms with van der Waals surface area (Å²) in [7, 11) is 0. The van der Waals surface area contributed by atoms with Crippen molar-refractivity contribution in [1.82, 2.24) is 10.6 Å². The van der Waals surface area contributed by atoms with Gasteiger partial charge < -0.3 is 10.1 Å². The molecule has 2 N–H and O–H groups in total. The minimum atomic E-state index is -1.36. The van der Waals surface area contributed by atoms with Crippen molar-refractivity contribution in [1.29, 1.82) is 0 Å². The second-order valence-electron chi connectivity index (χ2n) is 6.17. The van der Waals surface area contributed by atoms with Crippen LogP contribution in [0.25, 0.3) is 0 Å². The summed E-state index contributed by atoms with van der Waals surface area (Å²) in [5, 5.41) is 4.87. The molecule has 3 atom stereocenters.